The van der Waals surface area contributed by atoms with Gasteiger partial charge < -0.3 is 0 Å². The van der Waals surface area contributed by atoms with Crippen LogP contribution in [0.1, 0.15) is 11.1 Å². The SMILES string of the molecule is Cc1cc2ccc[n+]3c2c2c1ccc[n+]2C31[n+]2cccc3cc(C)c4ccc[n+]1c4c32. The summed E-state index contributed by atoms with van der Waals surface area (Å²) >= 11 is 0. The zero-order chi connectivity index (χ0) is 20.5. The highest BCUT2D eigenvalue weighted by molar-refractivity contribution is 6.02. The van der Waals surface area contributed by atoms with Gasteiger partial charge in [0.15, 0.2) is 24.8 Å². The minimum atomic E-state index is -0.565. The van der Waals surface area contributed by atoms with E-state index in [1.165, 1.54) is 54.7 Å². The highest BCUT2D eigenvalue weighted by Crippen LogP contribution is 2.33. The molecule has 0 unspecified atom stereocenters. The number of pyridine rings is 4. The third kappa shape index (κ3) is 1.51. The molecule has 0 bridgehead atoms. The molecule has 0 amide bonds. The molecule has 2 aliphatic rings. The van der Waals surface area contributed by atoms with Crippen LogP contribution in [-0.2, 0) is 5.91 Å². The molecule has 0 saturated carbocycles. The fourth-order valence-corrected chi connectivity index (χ4v) is 6.24. The number of hydrogen-bond donors (Lipinski definition) is 0. The minimum absolute atomic E-state index is 0.565. The van der Waals surface area contributed by atoms with Gasteiger partial charge in [0.1, 0.15) is 0 Å². The van der Waals surface area contributed by atoms with Crippen molar-refractivity contribution in [2.75, 3.05) is 0 Å². The Kier molecular flexibility index (Phi) is 2.49. The van der Waals surface area contributed by atoms with Crippen molar-refractivity contribution in [1.82, 2.24) is 0 Å². The van der Waals surface area contributed by atoms with Crippen LogP contribution in [0.3, 0.4) is 0 Å². The van der Waals surface area contributed by atoms with Gasteiger partial charge in [-0.2, -0.15) is 0 Å². The van der Waals surface area contributed by atoms with E-state index in [2.05, 4.69) is 118 Å². The van der Waals surface area contributed by atoms with E-state index in [-0.39, 0.29) is 0 Å². The second-order valence-electron chi connectivity index (χ2n) is 8.90. The molecule has 4 aromatic heterocycles. The molecule has 0 fully saturated rings. The smallest absolute Gasteiger partial charge is 0.0442 e. The number of hydrogen-bond acceptors (Lipinski definition) is 0. The van der Waals surface area contributed by atoms with E-state index in [0.29, 0.717) is 0 Å². The number of benzene rings is 2. The van der Waals surface area contributed by atoms with Gasteiger partial charge in [0.2, 0.25) is 0 Å². The minimum Gasteiger partial charge on any atom is -0.0442 e. The van der Waals surface area contributed by atoms with Crippen molar-refractivity contribution < 1.29 is 18.3 Å². The molecule has 2 aliphatic heterocycles. The average molecular weight is 400 g/mol. The van der Waals surface area contributed by atoms with Gasteiger partial charge in [-0.15, -0.1) is 0 Å². The van der Waals surface area contributed by atoms with Crippen LogP contribution in [-0.4, -0.2) is 0 Å². The molecule has 0 saturated heterocycles. The molecular weight excluding hydrogens is 380 g/mol. The van der Waals surface area contributed by atoms with Gasteiger partial charge in [-0.1, -0.05) is 0 Å². The first-order valence-electron chi connectivity index (χ1n) is 10.8. The van der Waals surface area contributed by atoms with Crippen LogP contribution in [0.15, 0.2) is 85.5 Å². The summed E-state index contributed by atoms with van der Waals surface area (Å²) in [6, 6.07) is 22.3. The lowest BCUT2D eigenvalue weighted by atomic mass is 10.1. The van der Waals surface area contributed by atoms with Crippen LogP contribution in [0.5, 0.6) is 0 Å². The fourth-order valence-electron chi connectivity index (χ4n) is 6.24. The molecule has 4 heteroatoms. The number of aromatic nitrogens is 4. The molecule has 8 rings (SSSR count). The van der Waals surface area contributed by atoms with Crippen molar-refractivity contribution >= 4 is 43.6 Å². The van der Waals surface area contributed by atoms with Gasteiger partial charge >= 0.3 is 28.0 Å². The van der Waals surface area contributed by atoms with Crippen LogP contribution in [0.2, 0.25) is 0 Å². The lowest BCUT2D eigenvalue weighted by Crippen LogP contribution is -2.94. The topological polar surface area (TPSA) is 15.5 Å². The fraction of sp³-hybridized carbons (Fsp3) is 0.111. The molecule has 2 aromatic carbocycles. The van der Waals surface area contributed by atoms with Crippen molar-refractivity contribution in [2.45, 2.75) is 19.8 Å². The molecule has 0 atom stereocenters. The molecule has 0 aliphatic carbocycles. The zero-order valence-corrected chi connectivity index (χ0v) is 17.4. The number of fused-ring (bicyclic) bond motifs is 4. The molecule has 0 radical (unpaired) electrons. The Balaban J connectivity index is 1.73. The van der Waals surface area contributed by atoms with Gasteiger partial charge in [-0.3, -0.25) is 0 Å². The van der Waals surface area contributed by atoms with E-state index in [4.69, 9.17) is 0 Å². The van der Waals surface area contributed by atoms with E-state index in [9.17, 15) is 0 Å². The lowest BCUT2D eigenvalue weighted by Gasteiger charge is -2.05. The van der Waals surface area contributed by atoms with Crippen molar-refractivity contribution in [3.63, 3.8) is 0 Å². The summed E-state index contributed by atoms with van der Waals surface area (Å²) < 4.78 is 9.84. The number of rotatable bonds is 0. The third-order valence-corrected chi connectivity index (χ3v) is 7.37. The van der Waals surface area contributed by atoms with Crippen LogP contribution in [0.25, 0.3) is 43.6 Å². The largest absolute Gasteiger partial charge is 0.770 e. The van der Waals surface area contributed by atoms with Crippen LogP contribution in [0, 0.1) is 13.8 Å². The van der Waals surface area contributed by atoms with Crippen molar-refractivity contribution in [3.8, 4) is 0 Å². The molecular formula is C27H20N4+4. The maximum Gasteiger partial charge on any atom is 0.770 e. The third-order valence-electron chi connectivity index (χ3n) is 7.37. The summed E-state index contributed by atoms with van der Waals surface area (Å²) in [5.74, 6) is -0.565. The van der Waals surface area contributed by atoms with Crippen LogP contribution < -0.4 is 18.3 Å². The summed E-state index contributed by atoms with van der Waals surface area (Å²) in [6.07, 6.45) is 8.95. The zero-order valence-electron chi connectivity index (χ0n) is 17.4. The highest BCUT2D eigenvalue weighted by Gasteiger charge is 2.80. The quantitative estimate of drug-likeness (QED) is 0.275. The van der Waals surface area contributed by atoms with Gasteiger partial charge in [-0.05, 0) is 61.4 Å². The predicted molar refractivity (Wildman–Crippen MR) is 117 cm³/mol. The molecule has 4 nitrogen and oxygen atoms in total. The molecule has 31 heavy (non-hydrogen) atoms. The molecule has 0 N–H and O–H groups in total. The first-order valence-corrected chi connectivity index (χ1v) is 10.8. The Morgan fingerprint density at radius 3 is 1.35 bits per heavy atom. The first-order chi connectivity index (χ1) is 15.2. The molecule has 6 heterocycles. The average Bonchev–Trinajstić information content (AvgIpc) is 3.27. The van der Waals surface area contributed by atoms with E-state index in [0.717, 1.165) is 0 Å². The lowest BCUT2D eigenvalue weighted by molar-refractivity contribution is -1.29. The van der Waals surface area contributed by atoms with Crippen molar-refractivity contribution in [2.24, 2.45) is 0 Å². The standard InChI is InChI=1S/C27H20N4/c1-17-15-19-7-3-11-28-23(19)25-21(17)9-5-13-30(25)27(28)29-12-4-8-20-16-18(2)22-10-6-14-31(27)26(22)24(20)29/h3-16H,1-2H3/q+4. The Labute approximate surface area is 178 Å². The molecule has 1 spiro atoms. The van der Waals surface area contributed by atoms with Gasteiger partial charge in [0, 0.05) is 42.5 Å². The summed E-state index contributed by atoms with van der Waals surface area (Å²) in [4.78, 5) is 0. The maximum atomic E-state index is 2.46. The van der Waals surface area contributed by atoms with E-state index in [1.807, 2.05) is 0 Å². The Bertz CT molecular complexity index is 1680. The Hall–Kier alpha value is -3.92. The Morgan fingerprint density at radius 1 is 0.516 bits per heavy atom. The van der Waals surface area contributed by atoms with Crippen LogP contribution in [0.4, 0.5) is 0 Å². The first kappa shape index (κ1) is 15.9. The summed E-state index contributed by atoms with van der Waals surface area (Å²) in [6.45, 7) is 4.44. The van der Waals surface area contributed by atoms with E-state index in [1.54, 1.807) is 0 Å². The van der Waals surface area contributed by atoms with Gasteiger partial charge in [0.05, 0.1) is 21.5 Å². The second-order valence-corrected chi connectivity index (χ2v) is 8.90. The number of aryl methyl sites for hydroxylation is 2. The normalized spacial score (nSPS) is 15.0. The van der Waals surface area contributed by atoms with E-state index < -0.39 is 5.91 Å². The summed E-state index contributed by atoms with van der Waals surface area (Å²) in [7, 11) is 0. The Morgan fingerprint density at radius 2 is 0.903 bits per heavy atom. The van der Waals surface area contributed by atoms with Gasteiger partial charge in [0.25, 0.3) is 0 Å². The predicted octanol–water partition coefficient (Wildman–Crippen LogP) is 2.91. The van der Waals surface area contributed by atoms with Crippen molar-refractivity contribution in [1.29, 1.82) is 0 Å². The van der Waals surface area contributed by atoms with Crippen LogP contribution >= 0.6 is 0 Å². The maximum absolute atomic E-state index is 2.46. The number of nitrogens with zero attached hydrogens (tertiary/aromatic N) is 4. The monoisotopic (exact) mass is 400 g/mol. The highest BCUT2D eigenvalue weighted by atomic mass is 15.6. The van der Waals surface area contributed by atoms with Gasteiger partial charge in [-0.25, -0.2) is 0 Å². The summed E-state index contributed by atoms with van der Waals surface area (Å²) in [5, 5.41) is 5.16. The molecule has 144 valence electrons. The van der Waals surface area contributed by atoms with Crippen molar-refractivity contribution in [3.05, 3.63) is 96.6 Å². The second kappa shape index (κ2) is 4.86. The summed E-state index contributed by atoms with van der Waals surface area (Å²) in [5.41, 5.74) is 7.76. The molecule has 6 aromatic rings. The van der Waals surface area contributed by atoms with E-state index >= 15 is 0 Å².